The van der Waals surface area contributed by atoms with Crippen LogP contribution in [0.15, 0.2) is 35.1 Å². The molecule has 1 saturated heterocycles. The van der Waals surface area contributed by atoms with E-state index >= 15 is 0 Å². The van der Waals surface area contributed by atoms with Gasteiger partial charge in [-0.1, -0.05) is 27.5 Å². The number of anilines is 1. The largest absolute Gasteiger partial charge is 0.480 e. The van der Waals surface area contributed by atoms with Crippen molar-refractivity contribution in [3.63, 3.8) is 0 Å². The van der Waals surface area contributed by atoms with Gasteiger partial charge in [-0.2, -0.15) is 4.98 Å². The van der Waals surface area contributed by atoms with Crippen LogP contribution >= 0.6 is 27.5 Å². The highest BCUT2D eigenvalue weighted by Crippen LogP contribution is 2.23. The minimum atomic E-state index is -0.0577. The van der Waals surface area contributed by atoms with Crippen LogP contribution in [0.2, 0.25) is 5.02 Å². The molecule has 2 heterocycles. The second-order valence-corrected chi connectivity index (χ2v) is 6.65. The average molecular weight is 412 g/mol. The molecule has 1 aromatic carbocycles. The lowest BCUT2D eigenvalue weighted by atomic mass is 10.2. The number of aromatic nitrogens is 2. The number of hydrogen-bond donors (Lipinski definition) is 0. The molecule has 2 aromatic rings. The maximum atomic E-state index is 12.7. The molecule has 0 N–H and O–H groups in total. The molecule has 3 rings (SSSR count). The number of amides is 1. The van der Waals surface area contributed by atoms with E-state index < -0.39 is 0 Å². The third-order valence-electron chi connectivity index (χ3n) is 3.86. The number of halogens is 2. The van der Waals surface area contributed by atoms with Crippen LogP contribution in [0.4, 0.5) is 5.82 Å². The van der Waals surface area contributed by atoms with E-state index in [2.05, 4.69) is 30.8 Å². The van der Waals surface area contributed by atoms with E-state index in [1.165, 1.54) is 0 Å². The highest BCUT2D eigenvalue weighted by atomic mass is 79.9. The van der Waals surface area contributed by atoms with E-state index in [9.17, 15) is 4.79 Å². The van der Waals surface area contributed by atoms with Gasteiger partial charge < -0.3 is 14.5 Å². The molecule has 1 fully saturated rings. The molecule has 0 radical (unpaired) electrons. The van der Waals surface area contributed by atoms with Gasteiger partial charge in [0.1, 0.15) is 0 Å². The lowest BCUT2D eigenvalue weighted by molar-refractivity contribution is 0.0746. The maximum Gasteiger partial charge on any atom is 0.255 e. The van der Waals surface area contributed by atoms with Crippen molar-refractivity contribution in [2.75, 3.05) is 38.2 Å². The molecule has 0 atom stereocenters. The van der Waals surface area contributed by atoms with Crippen molar-refractivity contribution in [1.29, 1.82) is 0 Å². The first-order chi connectivity index (χ1) is 11.6. The van der Waals surface area contributed by atoms with E-state index in [1.54, 1.807) is 36.5 Å². The van der Waals surface area contributed by atoms with Gasteiger partial charge in [-0.3, -0.25) is 9.78 Å². The lowest BCUT2D eigenvalue weighted by Crippen LogP contribution is -2.49. The molecule has 0 bridgehead atoms. The molecule has 1 amide bonds. The van der Waals surface area contributed by atoms with Gasteiger partial charge in [0.15, 0.2) is 5.82 Å². The summed E-state index contributed by atoms with van der Waals surface area (Å²) < 4.78 is 5.94. The Kier molecular flexibility index (Phi) is 5.20. The van der Waals surface area contributed by atoms with Gasteiger partial charge in [-0.15, -0.1) is 0 Å². The molecule has 6 nitrogen and oxygen atoms in total. The SMILES string of the molecule is COc1cncc(N2CCN(C(=O)c3cc(Br)ccc3Cl)CC2)n1. The van der Waals surface area contributed by atoms with Crippen LogP contribution in [-0.2, 0) is 0 Å². The van der Waals surface area contributed by atoms with Gasteiger partial charge in [0.05, 0.1) is 30.1 Å². The molecule has 0 saturated carbocycles. The Morgan fingerprint density at radius 3 is 2.71 bits per heavy atom. The van der Waals surface area contributed by atoms with Crippen LogP contribution in [0.25, 0.3) is 0 Å². The highest BCUT2D eigenvalue weighted by Gasteiger charge is 2.24. The number of carbonyl (C=O) groups excluding carboxylic acids is 1. The van der Waals surface area contributed by atoms with E-state index in [4.69, 9.17) is 16.3 Å². The number of piperazine rings is 1. The Balaban J connectivity index is 1.68. The van der Waals surface area contributed by atoms with Crippen molar-refractivity contribution < 1.29 is 9.53 Å². The average Bonchev–Trinajstić information content (AvgIpc) is 2.63. The number of nitrogens with zero attached hydrogens (tertiary/aromatic N) is 4. The molecule has 0 spiro atoms. The summed E-state index contributed by atoms with van der Waals surface area (Å²) in [7, 11) is 1.56. The zero-order chi connectivity index (χ0) is 17.1. The van der Waals surface area contributed by atoms with Crippen molar-refractivity contribution in [2.24, 2.45) is 0 Å². The van der Waals surface area contributed by atoms with Crippen LogP contribution < -0.4 is 9.64 Å². The third kappa shape index (κ3) is 3.62. The molecule has 0 unspecified atom stereocenters. The van der Waals surface area contributed by atoms with Crippen LogP contribution in [-0.4, -0.2) is 54.1 Å². The first kappa shape index (κ1) is 17.0. The fourth-order valence-electron chi connectivity index (χ4n) is 2.56. The summed E-state index contributed by atoms with van der Waals surface area (Å²) in [6.45, 7) is 2.56. The number of ether oxygens (including phenoxy) is 1. The molecule has 0 aliphatic carbocycles. The minimum Gasteiger partial charge on any atom is -0.480 e. The van der Waals surface area contributed by atoms with Gasteiger partial charge in [0.25, 0.3) is 5.91 Å². The molecule has 1 aromatic heterocycles. The van der Waals surface area contributed by atoms with Crippen molar-refractivity contribution in [1.82, 2.24) is 14.9 Å². The summed E-state index contributed by atoms with van der Waals surface area (Å²) in [6, 6.07) is 5.30. The standard InChI is InChI=1S/C16H16BrClN4O2/c1-24-15-10-19-9-14(20-15)21-4-6-22(7-5-21)16(23)12-8-11(17)2-3-13(12)18/h2-3,8-10H,4-7H2,1H3. The smallest absolute Gasteiger partial charge is 0.255 e. The zero-order valence-corrected chi connectivity index (χ0v) is 15.4. The molecule has 1 aliphatic heterocycles. The number of carbonyl (C=O) groups is 1. The summed E-state index contributed by atoms with van der Waals surface area (Å²) in [5, 5.41) is 0.462. The highest BCUT2D eigenvalue weighted by molar-refractivity contribution is 9.10. The van der Waals surface area contributed by atoms with Crippen molar-refractivity contribution in [2.45, 2.75) is 0 Å². The summed E-state index contributed by atoms with van der Waals surface area (Å²) in [5.74, 6) is 1.17. The molecular formula is C16H16BrClN4O2. The predicted molar refractivity (Wildman–Crippen MR) is 95.9 cm³/mol. The molecule has 1 aliphatic rings. The van der Waals surface area contributed by atoms with Crippen molar-refractivity contribution >= 4 is 39.3 Å². The molecule has 24 heavy (non-hydrogen) atoms. The van der Waals surface area contributed by atoms with E-state index in [1.807, 2.05) is 6.07 Å². The van der Waals surface area contributed by atoms with Crippen LogP contribution in [0.3, 0.4) is 0 Å². The first-order valence-electron chi connectivity index (χ1n) is 7.44. The van der Waals surface area contributed by atoms with Gasteiger partial charge in [-0.25, -0.2) is 0 Å². The first-order valence-corrected chi connectivity index (χ1v) is 8.61. The van der Waals surface area contributed by atoms with Crippen molar-refractivity contribution in [3.05, 3.63) is 45.7 Å². The lowest BCUT2D eigenvalue weighted by Gasteiger charge is -2.35. The monoisotopic (exact) mass is 410 g/mol. The zero-order valence-electron chi connectivity index (χ0n) is 13.1. The van der Waals surface area contributed by atoms with Crippen LogP contribution in [0, 0.1) is 0 Å². The third-order valence-corrected chi connectivity index (χ3v) is 4.68. The molecule has 126 valence electrons. The second-order valence-electron chi connectivity index (χ2n) is 5.32. The Labute approximate surface area is 153 Å². The fourth-order valence-corrected chi connectivity index (χ4v) is 3.12. The summed E-state index contributed by atoms with van der Waals surface area (Å²) in [6.07, 6.45) is 3.27. The Bertz CT molecular complexity index is 751. The molecule has 8 heteroatoms. The number of hydrogen-bond acceptors (Lipinski definition) is 5. The van der Waals surface area contributed by atoms with Crippen molar-refractivity contribution in [3.8, 4) is 5.88 Å². The quantitative estimate of drug-likeness (QED) is 0.777. The maximum absolute atomic E-state index is 12.7. The van der Waals surface area contributed by atoms with Crippen LogP contribution in [0.1, 0.15) is 10.4 Å². The summed E-state index contributed by atoms with van der Waals surface area (Å²) in [5.41, 5.74) is 0.515. The Hall–Kier alpha value is -1.86. The van der Waals surface area contributed by atoms with Gasteiger partial charge in [0, 0.05) is 30.7 Å². The second kappa shape index (κ2) is 7.36. The summed E-state index contributed by atoms with van der Waals surface area (Å²) >= 11 is 9.53. The summed E-state index contributed by atoms with van der Waals surface area (Å²) in [4.78, 5) is 25.1. The van der Waals surface area contributed by atoms with E-state index in [0.29, 0.717) is 42.6 Å². The van der Waals surface area contributed by atoms with Gasteiger partial charge in [0.2, 0.25) is 5.88 Å². The normalized spacial score (nSPS) is 14.6. The van der Waals surface area contributed by atoms with E-state index in [0.717, 1.165) is 10.3 Å². The Morgan fingerprint density at radius 2 is 2.00 bits per heavy atom. The van der Waals surface area contributed by atoms with Gasteiger partial charge >= 0.3 is 0 Å². The molecular weight excluding hydrogens is 396 g/mol. The van der Waals surface area contributed by atoms with E-state index in [-0.39, 0.29) is 5.91 Å². The van der Waals surface area contributed by atoms with Gasteiger partial charge in [-0.05, 0) is 18.2 Å². The number of methoxy groups -OCH3 is 1. The number of benzene rings is 1. The minimum absolute atomic E-state index is 0.0577. The predicted octanol–water partition coefficient (Wildman–Crippen LogP) is 2.86. The van der Waals surface area contributed by atoms with Crippen LogP contribution in [0.5, 0.6) is 5.88 Å². The topological polar surface area (TPSA) is 58.6 Å². The number of rotatable bonds is 3. The fraction of sp³-hybridized carbons (Fsp3) is 0.312. The Morgan fingerprint density at radius 1 is 1.25 bits per heavy atom.